The molecule has 3 aromatic carbocycles. The molecule has 0 aromatic heterocycles. The van der Waals surface area contributed by atoms with E-state index in [1.807, 2.05) is 6.07 Å². The third kappa shape index (κ3) is 5.87. The first-order valence-electron chi connectivity index (χ1n) is 9.30. The number of methoxy groups -OCH3 is 1. The molecule has 0 heterocycles. The first kappa shape index (κ1) is 23.8. The Hall–Kier alpha value is -2.88. The molecule has 0 radical (unpaired) electrons. The van der Waals surface area contributed by atoms with Gasteiger partial charge >= 0.3 is 0 Å². The quantitative estimate of drug-likeness (QED) is 0.340. The van der Waals surface area contributed by atoms with Gasteiger partial charge in [0.2, 0.25) is 0 Å². The highest BCUT2D eigenvalue weighted by Crippen LogP contribution is 2.26. The van der Waals surface area contributed by atoms with Crippen LogP contribution in [-0.2, 0) is 14.8 Å². The van der Waals surface area contributed by atoms with E-state index in [0.717, 1.165) is 8.78 Å². The van der Waals surface area contributed by atoms with Gasteiger partial charge in [0.25, 0.3) is 15.9 Å². The van der Waals surface area contributed by atoms with Gasteiger partial charge in [0.05, 0.1) is 23.9 Å². The number of nitrogens with zero attached hydrogens (tertiary/aromatic N) is 2. The molecule has 0 aliphatic heterocycles. The van der Waals surface area contributed by atoms with Gasteiger partial charge in [0.15, 0.2) is 0 Å². The first-order chi connectivity index (χ1) is 15.3. The minimum atomic E-state index is -4.02. The maximum absolute atomic E-state index is 13.2. The number of halogens is 2. The second kappa shape index (κ2) is 10.6. The number of amides is 1. The number of carbonyl (C=O) groups excluding carboxylic acids is 1. The molecule has 0 spiro atoms. The Morgan fingerprint density at radius 2 is 1.88 bits per heavy atom. The Kier molecular flexibility index (Phi) is 7.89. The van der Waals surface area contributed by atoms with Gasteiger partial charge < -0.3 is 4.74 Å². The van der Waals surface area contributed by atoms with Crippen molar-refractivity contribution in [2.75, 3.05) is 18.0 Å². The SMILES string of the molecule is COc1ccc(Br)cc1/C=N\NC(=O)CN(c1cccc(Cl)c1)S(=O)(=O)c1ccccc1. The highest BCUT2D eigenvalue weighted by molar-refractivity contribution is 9.10. The molecule has 32 heavy (non-hydrogen) atoms. The number of hydrogen-bond donors (Lipinski definition) is 1. The molecule has 1 N–H and O–H groups in total. The van der Waals surface area contributed by atoms with Crippen LogP contribution in [0, 0.1) is 0 Å². The van der Waals surface area contributed by atoms with Crippen molar-refractivity contribution in [3.8, 4) is 5.75 Å². The van der Waals surface area contributed by atoms with Crippen LogP contribution in [0.15, 0.2) is 87.3 Å². The molecule has 0 saturated carbocycles. The lowest BCUT2D eigenvalue weighted by atomic mass is 10.2. The maximum Gasteiger partial charge on any atom is 0.264 e. The summed E-state index contributed by atoms with van der Waals surface area (Å²) in [6.45, 7) is -0.496. The lowest BCUT2D eigenvalue weighted by Crippen LogP contribution is -2.39. The van der Waals surface area contributed by atoms with E-state index in [2.05, 4.69) is 26.5 Å². The minimum absolute atomic E-state index is 0.0511. The molecular weight excluding hydrogens is 518 g/mol. The molecule has 3 rings (SSSR count). The summed E-state index contributed by atoms with van der Waals surface area (Å²) in [6.07, 6.45) is 1.41. The third-order valence-electron chi connectivity index (χ3n) is 4.30. The predicted molar refractivity (Wildman–Crippen MR) is 129 cm³/mol. The van der Waals surface area contributed by atoms with Crippen molar-refractivity contribution in [2.45, 2.75) is 4.90 Å². The van der Waals surface area contributed by atoms with Crippen molar-refractivity contribution in [3.05, 3.63) is 87.9 Å². The number of nitrogens with one attached hydrogen (secondary N) is 1. The summed E-state index contributed by atoms with van der Waals surface area (Å²) in [7, 11) is -2.50. The summed E-state index contributed by atoms with van der Waals surface area (Å²) in [6, 6.07) is 19.5. The van der Waals surface area contributed by atoms with E-state index < -0.39 is 22.5 Å². The van der Waals surface area contributed by atoms with Crippen LogP contribution in [-0.4, -0.2) is 34.2 Å². The molecule has 3 aromatic rings. The molecule has 0 unspecified atom stereocenters. The van der Waals surface area contributed by atoms with Crippen LogP contribution in [0.25, 0.3) is 0 Å². The van der Waals surface area contributed by atoms with E-state index >= 15 is 0 Å². The Bertz CT molecular complexity index is 1240. The Morgan fingerprint density at radius 3 is 2.56 bits per heavy atom. The van der Waals surface area contributed by atoms with E-state index in [1.54, 1.807) is 48.5 Å². The second-order valence-electron chi connectivity index (χ2n) is 6.48. The zero-order chi connectivity index (χ0) is 23.1. The number of hydrazone groups is 1. The van der Waals surface area contributed by atoms with Crippen LogP contribution in [0.3, 0.4) is 0 Å². The van der Waals surface area contributed by atoms with E-state index in [0.29, 0.717) is 16.3 Å². The van der Waals surface area contributed by atoms with Gasteiger partial charge in [-0.05, 0) is 48.5 Å². The molecule has 10 heteroatoms. The van der Waals surface area contributed by atoms with E-state index in [1.165, 1.54) is 31.5 Å². The van der Waals surface area contributed by atoms with E-state index in [-0.39, 0.29) is 10.6 Å². The first-order valence-corrected chi connectivity index (χ1v) is 11.9. The van der Waals surface area contributed by atoms with Crippen LogP contribution in [0.1, 0.15) is 5.56 Å². The summed E-state index contributed by atoms with van der Waals surface area (Å²) in [5.74, 6) is -0.0619. The monoisotopic (exact) mass is 535 g/mol. The van der Waals surface area contributed by atoms with Gasteiger partial charge in [-0.2, -0.15) is 5.10 Å². The van der Waals surface area contributed by atoms with Crippen molar-refractivity contribution in [1.29, 1.82) is 0 Å². The van der Waals surface area contributed by atoms with Crippen molar-refractivity contribution in [1.82, 2.24) is 5.43 Å². The summed E-state index contributed by atoms with van der Waals surface area (Å²) >= 11 is 9.42. The largest absolute Gasteiger partial charge is 0.496 e. The van der Waals surface area contributed by atoms with Crippen LogP contribution in [0.2, 0.25) is 5.02 Å². The van der Waals surface area contributed by atoms with Crippen LogP contribution in [0.5, 0.6) is 5.75 Å². The number of hydrogen-bond acceptors (Lipinski definition) is 5. The molecule has 0 fully saturated rings. The molecule has 0 saturated heterocycles. The number of carbonyl (C=O) groups is 1. The fourth-order valence-corrected chi connectivity index (χ4v) is 4.81. The number of benzene rings is 3. The summed E-state index contributed by atoms with van der Waals surface area (Å²) < 4.78 is 33.5. The van der Waals surface area contributed by atoms with Crippen LogP contribution >= 0.6 is 27.5 Å². The van der Waals surface area contributed by atoms with Crippen molar-refractivity contribution < 1.29 is 17.9 Å². The molecule has 0 bridgehead atoms. The van der Waals surface area contributed by atoms with Crippen LogP contribution < -0.4 is 14.5 Å². The molecule has 0 aliphatic rings. The standard InChI is InChI=1S/C22H19BrClN3O4S/c1-31-21-11-10-17(23)12-16(21)14-25-26-22(28)15-27(19-7-5-6-18(24)13-19)32(29,30)20-8-3-2-4-9-20/h2-14H,15H2,1H3,(H,26,28)/b25-14-. The lowest BCUT2D eigenvalue weighted by Gasteiger charge is -2.23. The third-order valence-corrected chi connectivity index (χ3v) is 6.82. The van der Waals surface area contributed by atoms with Gasteiger partial charge in [-0.25, -0.2) is 13.8 Å². The van der Waals surface area contributed by atoms with Crippen molar-refractivity contribution >= 4 is 55.4 Å². The Balaban J connectivity index is 1.84. The lowest BCUT2D eigenvalue weighted by molar-refractivity contribution is -0.119. The number of ether oxygens (including phenoxy) is 1. The fraction of sp³-hybridized carbons (Fsp3) is 0.0909. The van der Waals surface area contributed by atoms with E-state index in [9.17, 15) is 13.2 Å². The van der Waals surface area contributed by atoms with Gasteiger partial charge in [0.1, 0.15) is 12.3 Å². The summed E-state index contributed by atoms with van der Waals surface area (Å²) in [4.78, 5) is 12.6. The Labute approximate surface area is 199 Å². The van der Waals surface area contributed by atoms with E-state index in [4.69, 9.17) is 16.3 Å². The van der Waals surface area contributed by atoms with Gasteiger partial charge in [-0.1, -0.05) is 51.8 Å². The molecule has 0 aliphatic carbocycles. The predicted octanol–water partition coefficient (Wildman–Crippen LogP) is 4.46. The summed E-state index contributed by atoms with van der Waals surface area (Å²) in [5, 5.41) is 4.28. The normalized spacial score (nSPS) is 11.3. The molecular formula is C22H19BrClN3O4S. The summed E-state index contributed by atoms with van der Waals surface area (Å²) in [5.41, 5.74) is 3.25. The zero-order valence-electron chi connectivity index (χ0n) is 16.9. The van der Waals surface area contributed by atoms with Gasteiger partial charge in [-0.15, -0.1) is 0 Å². The fourth-order valence-electron chi connectivity index (χ4n) is 2.81. The van der Waals surface area contributed by atoms with Crippen molar-refractivity contribution in [3.63, 3.8) is 0 Å². The minimum Gasteiger partial charge on any atom is -0.496 e. The Morgan fingerprint density at radius 1 is 1.12 bits per heavy atom. The van der Waals surface area contributed by atoms with Crippen molar-refractivity contribution in [2.24, 2.45) is 5.10 Å². The smallest absolute Gasteiger partial charge is 0.264 e. The van der Waals surface area contributed by atoms with Gasteiger partial charge in [0, 0.05) is 15.1 Å². The number of sulfonamides is 1. The van der Waals surface area contributed by atoms with Gasteiger partial charge in [-0.3, -0.25) is 9.10 Å². The average Bonchev–Trinajstić information content (AvgIpc) is 2.78. The highest BCUT2D eigenvalue weighted by atomic mass is 79.9. The number of anilines is 1. The van der Waals surface area contributed by atoms with Crippen LogP contribution in [0.4, 0.5) is 5.69 Å². The zero-order valence-corrected chi connectivity index (χ0v) is 20.1. The molecule has 166 valence electrons. The second-order valence-corrected chi connectivity index (χ2v) is 9.70. The maximum atomic E-state index is 13.2. The topological polar surface area (TPSA) is 88.1 Å². The molecule has 7 nitrogen and oxygen atoms in total. The number of rotatable bonds is 8. The highest BCUT2D eigenvalue weighted by Gasteiger charge is 2.27. The average molecular weight is 537 g/mol. The molecule has 0 atom stereocenters. The molecule has 1 amide bonds.